The van der Waals surface area contributed by atoms with Gasteiger partial charge in [-0.1, -0.05) is 19.3 Å². The van der Waals surface area contributed by atoms with Crippen LogP contribution in [-0.4, -0.2) is 67.3 Å². The number of carbonyl (C=O) groups excluding carboxylic acids is 1. The maximum atomic E-state index is 13.1. The van der Waals surface area contributed by atoms with E-state index in [9.17, 15) is 18.0 Å². The second-order valence-electron chi connectivity index (χ2n) is 7.05. The molecule has 3 rings (SSSR count). The molecule has 1 saturated carbocycles. The zero-order valence-electron chi connectivity index (χ0n) is 14.5. The highest BCUT2D eigenvalue weighted by Crippen LogP contribution is 2.40. The standard InChI is InChI=1S/C15H23F3N6O/c1-11(12-19-20-21-22(12)2)23-8-9-24(13(25)15(16,17)18)14(10-23)6-4-3-5-7-14/h11H,3-10H2,1-2H3. The van der Waals surface area contributed by atoms with Crippen molar-refractivity contribution in [2.75, 3.05) is 19.6 Å². The first kappa shape index (κ1) is 18.1. The van der Waals surface area contributed by atoms with Crippen LogP contribution >= 0.6 is 0 Å². The van der Waals surface area contributed by atoms with E-state index in [1.54, 1.807) is 11.7 Å². The molecule has 1 aromatic rings. The quantitative estimate of drug-likeness (QED) is 0.803. The van der Waals surface area contributed by atoms with Crippen LogP contribution in [0.2, 0.25) is 0 Å². The molecule has 1 aromatic heterocycles. The number of amides is 1. The third-order valence-corrected chi connectivity index (χ3v) is 5.53. The average molecular weight is 360 g/mol. The van der Waals surface area contributed by atoms with Gasteiger partial charge in [0, 0.05) is 26.7 Å². The second-order valence-corrected chi connectivity index (χ2v) is 7.05. The highest BCUT2D eigenvalue weighted by Gasteiger charge is 2.52. The fraction of sp³-hybridized carbons (Fsp3) is 0.867. The van der Waals surface area contributed by atoms with Crippen molar-refractivity contribution in [3.05, 3.63) is 5.82 Å². The largest absolute Gasteiger partial charge is 0.471 e. The Labute approximate surface area is 144 Å². The van der Waals surface area contributed by atoms with E-state index in [0.29, 0.717) is 31.8 Å². The number of nitrogens with zero attached hydrogens (tertiary/aromatic N) is 6. The molecule has 1 amide bonds. The van der Waals surface area contributed by atoms with Crippen LogP contribution in [-0.2, 0) is 11.8 Å². The van der Waals surface area contributed by atoms with Gasteiger partial charge in [0.2, 0.25) is 0 Å². The summed E-state index contributed by atoms with van der Waals surface area (Å²) in [6.07, 6.45) is -0.931. The third-order valence-electron chi connectivity index (χ3n) is 5.53. The van der Waals surface area contributed by atoms with Crippen LogP contribution in [0.3, 0.4) is 0 Å². The molecule has 2 heterocycles. The lowest BCUT2D eigenvalue weighted by molar-refractivity contribution is -0.198. The Morgan fingerprint density at radius 2 is 1.88 bits per heavy atom. The third kappa shape index (κ3) is 3.36. The Bertz CT molecular complexity index is 625. The van der Waals surface area contributed by atoms with Gasteiger partial charge in [-0.05, 0) is 30.2 Å². The molecule has 0 radical (unpaired) electrons. The Hall–Kier alpha value is -1.71. The second kappa shape index (κ2) is 6.54. The average Bonchev–Trinajstić information content (AvgIpc) is 2.99. The van der Waals surface area contributed by atoms with E-state index < -0.39 is 17.6 Å². The van der Waals surface area contributed by atoms with Gasteiger partial charge in [-0.2, -0.15) is 13.2 Å². The normalized spacial score (nSPS) is 23.0. The number of hydrogen-bond acceptors (Lipinski definition) is 5. The summed E-state index contributed by atoms with van der Waals surface area (Å²) in [6.45, 7) is 2.82. The van der Waals surface area contributed by atoms with Crippen molar-refractivity contribution in [2.24, 2.45) is 7.05 Å². The molecule has 0 bridgehead atoms. The van der Waals surface area contributed by atoms with Crippen molar-refractivity contribution in [3.8, 4) is 0 Å². The van der Waals surface area contributed by atoms with Crippen LogP contribution in [0.1, 0.15) is 50.9 Å². The van der Waals surface area contributed by atoms with Crippen LogP contribution in [0.5, 0.6) is 0 Å². The van der Waals surface area contributed by atoms with Gasteiger partial charge in [-0.25, -0.2) is 4.68 Å². The Morgan fingerprint density at radius 1 is 1.20 bits per heavy atom. The van der Waals surface area contributed by atoms with Crippen LogP contribution in [0.15, 0.2) is 0 Å². The van der Waals surface area contributed by atoms with Gasteiger partial charge in [0.1, 0.15) is 0 Å². The summed E-state index contributed by atoms with van der Waals surface area (Å²) in [5.74, 6) is -1.04. The molecule has 1 saturated heterocycles. The predicted octanol–water partition coefficient (Wildman–Crippen LogP) is 1.68. The molecular formula is C15H23F3N6O. The van der Waals surface area contributed by atoms with Crippen molar-refractivity contribution in [3.63, 3.8) is 0 Å². The first-order valence-corrected chi connectivity index (χ1v) is 8.60. The van der Waals surface area contributed by atoms with E-state index >= 15 is 0 Å². The SMILES string of the molecule is CC(c1nnnn1C)N1CCN(C(=O)C(F)(F)F)C2(CCCCC2)C1. The summed E-state index contributed by atoms with van der Waals surface area (Å²) in [4.78, 5) is 15.2. The first-order chi connectivity index (χ1) is 11.7. The Morgan fingerprint density at radius 3 is 2.44 bits per heavy atom. The predicted molar refractivity (Wildman–Crippen MR) is 82.4 cm³/mol. The van der Waals surface area contributed by atoms with Gasteiger partial charge in [0.15, 0.2) is 5.82 Å². The smallest absolute Gasteiger partial charge is 0.327 e. The zero-order valence-corrected chi connectivity index (χ0v) is 14.5. The van der Waals surface area contributed by atoms with Gasteiger partial charge in [-0.15, -0.1) is 5.10 Å². The molecule has 0 N–H and O–H groups in total. The van der Waals surface area contributed by atoms with Crippen LogP contribution in [0, 0.1) is 0 Å². The maximum Gasteiger partial charge on any atom is 0.471 e. The lowest BCUT2D eigenvalue weighted by Gasteiger charge is -2.53. The fourth-order valence-corrected chi connectivity index (χ4v) is 4.20. The van der Waals surface area contributed by atoms with E-state index in [1.807, 2.05) is 6.92 Å². The molecule has 2 fully saturated rings. The molecule has 1 unspecified atom stereocenters. The topological polar surface area (TPSA) is 67.2 Å². The van der Waals surface area contributed by atoms with E-state index in [4.69, 9.17) is 0 Å². The van der Waals surface area contributed by atoms with Gasteiger partial charge in [0.25, 0.3) is 0 Å². The molecule has 1 aliphatic carbocycles. The van der Waals surface area contributed by atoms with E-state index in [0.717, 1.165) is 24.2 Å². The van der Waals surface area contributed by atoms with E-state index in [1.165, 1.54) is 0 Å². The first-order valence-electron chi connectivity index (χ1n) is 8.60. The van der Waals surface area contributed by atoms with Gasteiger partial charge in [-0.3, -0.25) is 9.69 Å². The summed E-state index contributed by atoms with van der Waals surface area (Å²) in [6, 6.07) is -0.123. The van der Waals surface area contributed by atoms with Crippen molar-refractivity contribution in [2.45, 2.75) is 56.8 Å². The van der Waals surface area contributed by atoms with Crippen molar-refractivity contribution >= 4 is 5.91 Å². The molecule has 2 aliphatic rings. The number of piperazine rings is 1. The number of aryl methyl sites for hydroxylation is 1. The summed E-state index contributed by atoms with van der Waals surface area (Å²) >= 11 is 0. The molecule has 140 valence electrons. The fourth-order valence-electron chi connectivity index (χ4n) is 4.20. The van der Waals surface area contributed by atoms with Gasteiger partial charge in [0.05, 0.1) is 11.6 Å². The maximum absolute atomic E-state index is 13.1. The number of hydrogen-bond donors (Lipinski definition) is 0. The molecule has 1 atom stereocenters. The van der Waals surface area contributed by atoms with E-state index in [2.05, 4.69) is 20.4 Å². The number of alkyl halides is 3. The Kier molecular flexibility index (Phi) is 4.74. The molecule has 1 spiro atoms. The summed E-state index contributed by atoms with van der Waals surface area (Å²) in [5.41, 5.74) is -0.747. The number of tetrazole rings is 1. The van der Waals surface area contributed by atoms with Crippen molar-refractivity contribution < 1.29 is 18.0 Å². The van der Waals surface area contributed by atoms with Crippen LogP contribution < -0.4 is 0 Å². The lowest BCUT2D eigenvalue weighted by Crippen LogP contribution is -2.66. The molecule has 10 heteroatoms. The minimum atomic E-state index is -4.83. The highest BCUT2D eigenvalue weighted by molar-refractivity contribution is 5.82. The van der Waals surface area contributed by atoms with Crippen molar-refractivity contribution in [1.29, 1.82) is 0 Å². The minimum Gasteiger partial charge on any atom is -0.327 e. The summed E-state index contributed by atoms with van der Waals surface area (Å²) in [7, 11) is 1.74. The molecular weight excluding hydrogens is 337 g/mol. The van der Waals surface area contributed by atoms with Gasteiger partial charge < -0.3 is 4.90 Å². The van der Waals surface area contributed by atoms with Crippen molar-refractivity contribution in [1.82, 2.24) is 30.0 Å². The molecule has 1 aliphatic heterocycles. The molecule has 25 heavy (non-hydrogen) atoms. The summed E-state index contributed by atoms with van der Waals surface area (Å²) < 4.78 is 40.8. The molecule has 7 nitrogen and oxygen atoms in total. The lowest BCUT2D eigenvalue weighted by atomic mass is 9.78. The number of aromatic nitrogens is 4. The molecule has 0 aromatic carbocycles. The number of carbonyl (C=O) groups is 1. The minimum absolute atomic E-state index is 0.0773. The zero-order chi connectivity index (χ0) is 18.2. The van der Waals surface area contributed by atoms with Gasteiger partial charge >= 0.3 is 12.1 Å². The Balaban J connectivity index is 1.85. The van der Waals surface area contributed by atoms with E-state index in [-0.39, 0.29) is 12.6 Å². The highest BCUT2D eigenvalue weighted by atomic mass is 19.4. The number of rotatable bonds is 2. The van der Waals surface area contributed by atoms with Crippen LogP contribution in [0.25, 0.3) is 0 Å². The number of halogens is 3. The van der Waals surface area contributed by atoms with Crippen LogP contribution in [0.4, 0.5) is 13.2 Å². The monoisotopic (exact) mass is 360 g/mol. The summed E-state index contributed by atoms with van der Waals surface area (Å²) in [5, 5.41) is 11.5.